The molecule has 0 N–H and O–H groups in total. The standard InChI is InChI=1S/2C9H13.V/c2*1-9(2,3)8-6-4-5-7-8;/h2*4,6H,5H2,1-3H3;. The Morgan fingerprint density at radius 2 is 1.11 bits per heavy atom. The molecule has 0 aromatic carbocycles. The van der Waals surface area contributed by atoms with Gasteiger partial charge in [-0.05, 0) is 0 Å². The Balaban J connectivity index is 2.28. The van der Waals surface area contributed by atoms with Crippen molar-refractivity contribution in [3.05, 3.63) is 44.0 Å². The zero-order valence-electron chi connectivity index (χ0n) is 13.2. The van der Waals surface area contributed by atoms with E-state index in [4.69, 9.17) is 0 Å². The normalized spacial score (nSPS) is 19.9. The van der Waals surface area contributed by atoms with Crippen LogP contribution in [0.5, 0.6) is 0 Å². The van der Waals surface area contributed by atoms with Crippen molar-refractivity contribution in [2.24, 2.45) is 10.8 Å². The van der Waals surface area contributed by atoms with E-state index in [-0.39, 0.29) is 16.3 Å². The second-order valence-corrected chi connectivity index (χ2v) is 9.58. The van der Waals surface area contributed by atoms with Crippen molar-refractivity contribution in [3.8, 4) is 0 Å². The summed E-state index contributed by atoms with van der Waals surface area (Å²) in [6.45, 7) is 14.0. The molecule has 0 spiro atoms. The molecule has 0 saturated heterocycles. The molecule has 2 aliphatic carbocycles. The van der Waals surface area contributed by atoms with Gasteiger partial charge < -0.3 is 0 Å². The molecule has 0 fully saturated rings. The maximum absolute atomic E-state index is 2.37. The Labute approximate surface area is 125 Å². The molecule has 0 nitrogen and oxygen atoms in total. The predicted molar refractivity (Wildman–Crippen MR) is 80.5 cm³/mol. The summed E-state index contributed by atoms with van der Waals surface area (Å²) in [6, 6.07) is 0. The number of hydrogen-bond acceptors (Lipinski definition) is 0. The fraction of sp³-hybridized carbons (Fsp3) is 0.556. The first-order chi connectivity index (χ1) is 8.69. The second kappa shape index (κ2) is 5.15. The molecule has 0 aromatic heterocycles. The molecule has 0 amide bonds. The van der Waals surface area contributed by atoms with Gasteiger partial charge in [0.15, 0.2) is 0 Å². The van der Waals surface area contributed by atoms with Crippen LogP contribution in [0.15, 0.2) is 44.0 Å². The van der Waals surface area contributed by atoms with Crippen molar-refractivity contribution < 1.29 is 16.3 Å². The fourth-order valence-electron chi connectivity index (χ4n) is 2.73. The molecule has 19 heavy (non-hydrogen) atoms. The SMILES string of the molecule is CC(C)(C)C1=[C]([V][C]2=C(C(C)(C)C)C=CC2)CC=C1. The van der Waals surface area contributed by atoms with E-state index in [1.165, 1.54) is 12.8 Å². The van der Waals surface area contributed by atoms with E-state index in [9.17, 15) is 0 Å². The van der Waals surface area contributed by atoms with Gasteiger partial charge in [0.25, 0.3) is 0 Å². The van der Waals surface area contributed by atoms with E-state index in [1.54, 1.807) is 19.7 Å². The van der Waals surface area contributed by atoms with Crippen LogP contribution in [0.1, 0.15) is 54.4 Å². The van der Waals surface area contributed by atoms with E-state index < -0.39 is 0 Å². The first-order valence-corrected chi connectivity index (χ1v) is 8.61. The molecule has 0 radical (unpaired) electrons. The number of rotatable bonds is 2. The van der Waals surface area contributed by atoms with E-state index >= 15 is 0 Å². The van der Waals surface area contributed by atoms with Crippen LogP contribution < -0.4 is 0 Å². The van der Waals surface area contributed by atoms with Crippen molar-refractivity contribution >= 4 is 0 Å². The van der Waals surface area contributed by atoms with Gasteiger partial charge in [0.05, 0.1) is 0 Å². The minimum absolute atomic E-state index is 0.206. The summed E-state index contributed by atoms with van der Waals surface area (Å²) in [5, 5.41) is 0. The van der Waals surface area contributed by atoms with Gasteiger partial charge in [-0.2, -0.15) is 0 Å². The zero-order chi connectivity index (χ0) is 14.3. The van der Waals surface area contributed by atoms with Gasteiger partial charge in [0.1, 0.15) is 0 Å². The predicted octanol–water partition coefficient (Wildman–Crippen LogP) is 5.59. The van der Waals surface area contributed by atoms with Gasteiger partial charge in [0, 0.05) is 0 Å². The van der Waals surface area contributed by atoms with E-state index in [0.717, 1.165) is 0 Å². The van der Waals surface area contributed by atoms with Crippen molar-refractivity contribution in [1.82, 2.24) is 0 Å². The average Bonchev–Trinajstić information content (AvgIpc) is 2.83. The molecule has 2 rings (SSSR count). The fourth-order valence-corrected chi connectivity index (χ4v) is 5.51. The molecule has 0 atom stereocenters. The minimum atomic E-state index is 0.206. The zero-order valence-corrected chi connectivity index (χ0v) is 14.6. The van der Waals surface area contributed by atoms with Gasteiger partial charge in [-0.3, -0.25) is 0 Å². The average molecular weight is 293 g/mol. The van der Waals surface area contributed by atoms with Gasteiger partial charge in [-0.25, -0.2) is 0 Å². The summed E-state index contributed by atoms with van der Waals surface area (Å²) >= 11 is 0.206. The summed E-state index contributed by atoms with van der Waals surface area (Å²) in [5.74, 6) is 0. The van der Waals surface area contributed by atoms with E-state index in [1.807, 2.05) is 0 Å². The van der Waals surface area contributed by atoms with Crippen LogP contribution in [0.25, 0.3) is 0 Å². The van der Waals surface area contributed by atoms with Crippen LogP contribution in [-0.2, 0) is 16.3 Å². The van der Waals surface area contributed by atoms with Gasteiger partial charge >= 0.3 is 126 Å². The summed E-state index contributed by atoms with van der Waals surface area (Å²) in [7, 11) is 0. The summed E-state index contributed by atoms with van der Waals surface area (Å²) in [6.07, 6.45) is 11.8. The third kappa shape index (κ3) is 3.36. The molecular weight excluding hydrogens is 267 g/mol. The monoisotopic (exact) mass is 293 g/mol. The van der Waals surface area contributed by atoms with Crippen LogP contribution in [0.3, 0.4) is 0 Å². The molecule has 0 aromatic rings. The first kappa shape index (κ1) is 14.9. The van der Waals surface area contributed by atoms with Crippen LogP contribution in [0.2, 0.25) is 0 Å². The van der Waals surface area contributed by atoms with Crippen LogP contribution in [0, 0.1) is 10.8 Å². The summed E-state index contributed by atoms with van der Waals surface area (Å²) in [4.78, 5) is 0. The van der Waals surface area contributed by atoms with Crippen molar-refractivity contribution in [1.29, 1.82) is 0 Å². The number of allylic oxidation sites excluding steroid dienone is 8. The molecule has 0 aliphatic heterocycles. The Morgan fingerprint density at radius 1 is 0.737 bits per heavy atom. The van der Waals surface area contributed by atoms with Crippen LogP contribution in [-0.4, -0.2) is 0 Å². The second-order valence-electron chi connectivity index (χ2n) is 7.55. The molecule has 0 bridgehead atoms. The van der Waals surface area contributed by atoms with Gasteiger partial charge in [-0.1, -0.05) is 0 Å². The Kier molecular flexibility index (Phi) is 4.05. The quantitative estimate of drug-likeness (QED) is 0.622. The third-order valence-corrected chi connectivity index (χ3v) is 5.86. The molecule has 1 heteroatoms. The molecule has 0 unspecified atom stereocenters. The van der Waals surface area contributed by atoms with E-state index in [0.29, 0.717) is 10.8 Å². The Hall–Kier alpha value is -0.456. The summed E-state index contributed by atoms with van der Waals surface area (Å²) < 4.78 is 3.45. The molecule has 0 heterocycles. The molecule has 103 valence electrons. The summed E-state index contributed by atoms with van der Waals surface area (Å²) in [5.41, 5.74) is 3.79. The van der Waals surface area contributed by atoms with Crippen LogP contribution in [0.4, 0.5) is 0 Å². The topological polar surface area (TPSA) is 0 Å². The molecular formula is C18H26V. The van der Waals surface area contributed by atoms with Crippen molar-refractivity contribution in [3.63, 3.8) is 0 Å². The van der Waals surface area contributed by atoms with Gasteiger partial charge in [0.2, 0.25) is 0 Å². The Bertz CT molecular complexity index is 439. The van der Waals surface area contributed by atoms with Gasteiger partial charge in [-0.15, -0.1) is 0 Å². The maximum atomic E-state index is 2.37. The third-order valence-electron chi connectivity index (χ3n) is 3.70. The molecule has 2 aliphatic rings. The number of hydrogen-bond donors (Lipinski definition) is 0. The van der Waals surface area contributed by atoms with Crippen LogP contribution >= 0.6 is 0 Å². The van der Waals surface area contributed by atoms with Crippen molar-refractivity contribution in [2.45, 2.75) is 54.4 Å². The Morgan fingerprint density at radius 3 is 1.42 bits per heavy atom. The van der Waals surface area contributed by atoms with Crippen molar-refractivity contribution in [2.75, 3.05) is 0 Å². The first-order valence-electron chi connectivity index (χ1n) is 7.21. The van der Waals surface area contributed by atoms with E-state index in [2.05, 4.69) is 65.8 Å². The molecule has 0 saturated carbocycles.